The molecule has 0 aliphatic carbocycles. The normalized spacial score (nSPS) is 14.2. The van der Waals surface area contributed by atoms with Gasteiger partial charge in [0, 0.05) is 6.42 Å². The second-order valence-corrected chi connectivity index (χ2v) is 9.93. The van der Waals surface area contributed by atoms with Gasteiger partial charge in [0.1, 0.15) is 6.73 Å². The summed E-state index contributed by atoms with van der Waals surface area (Å²) in [6.45, 7) is 5.26. The van der Waals surface area contributed by atoms with E-state index in [1.54, 1.807) is 13.8 Å². The van der Waals surface area contributed by atoms with Gasteiger partial charge in [-0.1, -0.05) is 77.2 Å². The van der Waals surface area contributed by atoms with Crippen LogP contribution in [0, 0.1) is 0 Å². The molecule has 1 unspecified atom stereocenters. The third-order valence-corrected chi connectivity index (χ3v) is 6.33. The zero-order valence-corrected chi connectivity index (χ0v) is 19.1. The molecule has 6 heteroatoms. The minimum absolute atomic E-state index is 0.130. The van der Waals surface area contributed by atoms with Gasteiger partial charge in [0.2, 0.25) is 5.91 Å². The Morgan fingerprint density at radius 2 is 1.54 bits per heavy atom. The van der Waals surface area contributed by atoms with Crippen LogP contribution in [0.5, 0.6) is 0 Å². The third-order valence-electron chi connectivity index (χ3n) is 4.53. The monoisotopic (exact) mass is 415 g/mol. The van der Waals surface area contributed by atoms with E-state index in [9.17, 15) is 14.3 Å². The van der Waals surface area contributed by atoms with Crippen molar-refractivity contribution in [1.29, 1.82) is 0 Å². The summed E-state index contributed by atoms with van der Waals surface area (Å²) >= 11 is 0. The maximum absolute atomic E-state index is 11.7. The van der Waals surface area contributed by atoms with E-state index < -0.39 is 13.3 Å². The molecule has 1 atom stereocenters. The van der Waals surface area contributed by atoms with E-state index in [0.717, 1.165) is 32.1 Å². The predicted molar refractivity (Wildman–Crippen MR) is 118 cm³/mol. The second kappa shape index (κ2) is 18.1. The van der Waals surface area contributed by atoms with Crippen molar-refractivity contribution in [2.45, 2.75) is 103 Å². The molecular weight excluding hydrogens is 373 g/mol. The maximum atomic E-state index is 11.7. The summed E-state index contributed by atoms with van der Waals surface area (Å²) in [5.74, 6) is -0.130. The summed E-state index contributed by atoms with van der Waals surface area (Å²) in [4.78, 5) is 21.2. The largest absolute Gasteiger partial charge is 0.333 e. The maximum Gasteiger partial charge on any atom is 0.332 e. The molecule has 0 fully saturated rings. The molecule has 0 aliphatic heterocycles. The van der Waals surface area contributed by atoms with E-state index in [0.29, 0.717) is 6.42 Å². The van der Waals surface area contributed by atoms with Crippen LogP contribution in [0.2, 0.25) is 0 Å². The van der Waals surface area contributed by atoms with Crippen molar-refractivity contribution in [3.8, 4) is 0 Å². The summed E-state index contributed by atoms with van der Waals surface area (Å²) in [6, 6.07) is 0. The summed E-state index contributed by atoms with van der Waals surface area (Å²) in [6.07, 6.45) is 22.1. The molecule has 0 aromatic carbocycles. The molecule has 0 aliphatic rings. The molecule has 2 N–H and O–H groups in total. The molecule has 0 aromatic heterocycles. The highest BCUT2D eigenvalue weighted by Gasteiger charge is 2.24. The summed E-state index contributed by atoms with van der Waals surface area (Å²) in [5.41, 5.74) is -0.466. The average Bonchev–Trinajstić information content (AvgIpc) is 2.64. The Morgan fingerprint density at radius 3 is 2.14 bits per heavy atom. The van der Waals surface area contributed by atoms with Crippen LogP contribution in [-0.4, -0.2) is 23.2 Å². The van der Waals surface area contributed by atoms with Gasteiger partial charge in [0.05, 0.1) is 5.66 Å². The molecule has 1 amide bonds. The topological polar surface area (TPSA) is 75.6 Å². The Balaban J connectivity index is 3.44. The predicted octanol–water partition coefficient (Wildman–Crippen LogP) is 6.48. The molecule has 0 heterocycles. The van der Waals surface area contributed by atoms with E-state index in [4.69, 9.17) is 4.52 Å². The van der Waals surface area contributed by atoms with Crippen molar-refractivity contribution in [3.05, 3.63) is 24.3 Å². The van der Waals surface area contributed by atoms with Crippen LogP contribution in [0.25, 0.3) is 0 Å². The fourth-order valence-electron chi connectivity index (χ4n) is 2.54. The quantitative estimate of drug-likeness (QED) is 0.116. The van der Waals surface area contributed by atoms with Gasteiger partial charge in [-0.3, -0.25) is 13.9 Å². The van der Waals surface area contributed by atoms with Crippen LogP contribution in [0.3, 0.4) is 0 Å². The Kier molecular flexibility index (Phi) is 17.6. The van der Waals surface area contributed by atoms with Crippen LogP contribution >= 0.6 is 7.60 Å². The molecular formula is C22H42NO4P. The molecule has 0 radical (unpaired) electrons. The Hall–Kier alpha value is -0.900. The Labute approximate surface area is 172 Å². The molecule has 5 nitrogen and oxygen atoms in total. The molecule has 0 spiro atoms. The van der Waals surface area contributed by atoms with Crippen LogP contribution in [-0.2, 0) is 13.9 Å². The highest BCUT2D eigenvalue weighted by atomic mass is 31.2. The van der Waals surface area contributed by atoms with Gasteiger partial charge in [0.25, 0.3) is 0 Å². The van der Waals surface area contributed by atoms with Crippen LogP contribution in [0.4, 0.5) is 0 Å². The third kappa shape index (κ3) is 17.2. The zero-order chi connectivity index (χ0) is 21.1. The number of allylic oxidation sites excluding steroid dienone is 4. The molecule has 0 aromatic rings. The first-order valence-corrected chi connectivity index (χ1v) is 12.6. The second-order valence-electron chi connectivity index (χ2n) is 7.51. The van der Waals surface area contributed by atoms with Crippen LogP contribution in [0.15, 0.2) is 24.3 Å². The van der Waals surface area contributed by atoms with Gasteiger partial charge in [-0.15, -0.1) is 0 Å². The van der Waals surface area contributed by atoms with E-state index in [-0.39, 0.29) is 12.6 Å². The van der Waals surface area contributed by atoms with Crippen LogP contribution < -0.4 is 5.32 Å². The first kappa shape index (κ1) is 27.1. The number of rotatable bonds is 18. The standard InChI is InChI=1S/C22H42NO4P/c1-4-5-6-7-8-9-10-11-12-13-14-15-16-17-18-19-22(24)23-20-27-28(25,26)21(2)3/h8-9,11-12,21H,4-7,10,13-20H2,1-3H3,(H,23,24)(H,25,26)/b9-8-,12-11-. The van der Waals surface area contributed by atoms with Crippen molar-refractivity contribution >= 4 is 13.5 Å². The Morgan fingerprint density at radius 1 is 0.964 bits per heavy atom. The van der Waals surface area contributed by atoms with Gasteiger partial charge < -0.3 is 10.2 Å². The van der Waals surface area contributed by atoms with Gasteiger partial charge in [-0.05, 0) is 38.5 Å². The first-order chi connectivity index (χ1) is 13.4. The number of hydrogen-bond donors (Lipinski definition) is 2. The number of hydrogen-bond acceptors (Lipinski definition) is 3. The number of unbranched alkanes of at least 4 members (excludes halogenated alkanes) is 8. The lowest BCUT2D eigenvalue weighted by atomic mass is 10.1. The summed E-state index contributed by atoms with van der Waals surface area (Å²) in [5, 5.41) is 2.54. The van der Waals surface area contributed by atoms with Gasteiger partial charge in [-0.25, -0.2) is 0 Å². The van der Waals surface area contributed by atoms with E-state index in [1.807, 2.05) is 0 Å². The van der Waals surface area contributed by atoms with Gasteiger partial charge >= 0.3 is 7.60 Å². The smallest absolute Gasteiger partial charge is 0.332 e. The molecule has 0 bridgehead atoms. The lowest BCUT2D eigenvalue weighted by Crippen LogP contribution is -2.25. The van der Waals surface area contributed by atoms with Crippen molar-refractivity contribution in [1.82, 2.24) is 5.32 Å². The van der Waals surface area contributed by atoms with Gasteiger partial charge in [-0.2, -0.15) is 0 Å². The fourth-order valence-corrected chi connectivity index (χ4v) is 3.09. The van der Waals surface area contributed by atoms with Crippen LogP contribution in [0.1, 0.15) is 97.8 Å². The van der Waals surface area contributed by atoms with Crippen molar-refractivity contribution < 1.29 is 18.8 Å². The first-order valence-electron chi connectivity index (χ1n) is 10.9. The van der Waals surface area contributed by atoms with E-state index >= 15 is 0 Å². The highest BCUT2D eigenvalue weighted by molar-refractivity contribution is 7.53. The minimum atomic E-state index is -3.61. The van der Waals surface area contributed by atoms with Gasteiger partial charge in [0.15, 0.2) is 0 Å². The summed E-state index contributed by atoms with van der Waals surface area (Å²) in [7, 11) is -3.61. The summed E-state index contributed by atoms with van der Waals surface area (Å²) < 4.78 is 16.4. The molecule has 0 saturated carbocycles. The van der Waals surface area contributed by atoms with Crippen molar-refractivity contribution in [3.63, 3.8) is 0 Å². The number of nitrogens with one attached hydrogen (secondary N) is 1. The fraction of sp³-hybridized carbons (Fsp3) is 0.773. The SMILES string of the molecule is CCCCC/C=C\C/C=C\CCCCCCCC(=O)NCOP(=O)(O)C(C)C. The van der Waals surface area contributed by atoms with E-state index in [1.165, 1.54) is 38.5 Å². The zero-order valence-electron chi connectivity index (χ0n) is 18.2. The molecule has 28 heavy (non-hydrogen) atoms. The average molecular weight is 416 g/mol. The lowest BCUT2D eigenvalue weighted by molar-refractivity contribution is -0.122. The number of carbonyl (C=O) groups excluding carboxylic acids is 1. The molecule has 0 rings (SSSR count). The van der Waals surface area contributed by atoms with E-state index in [2.05, 4.69) is 36.5 Å². The molecule has 164 valence electrons. The number of amides is 1. The molecule has 0 saturated heterocycles. The lowest BCUT2D eigenvalue weighted by Gasteiger charge is -2.15. The minimum Gasteiger partial charge on any atom is -0.333 e. The van der Waals surface area contributed by atoms with Crippen molar-refractivity contribution in [2.75, 3.05) is 6.73 Å². The Bertz CT molecular complexity index is 489. The highest BCUT2D eigenvalue weighted by Crippen LogP contribution is 2.46. The number of carbonyl (C=O) groups is 1. The van der Waals surface area contributed by atoms with Crippen molar-refractivity contribution in [2.24, 2.45) is 0 Å².